The maximum absolute atomic E-state index is 14.4. The lowest BCUT2D eigenvalue weighted by molar-refractivity contribution is -0.140. The molecule has 1 unspecified atom stereocenters. The van der Waals surface area contributed by atoms with Crippen LogP contribution in [0.1, 0.15) is 54.1 Å². The molecule has 170 valence electrons. The van der Waals surface area contributed by atoms with Crippen LogP contribution in [0.4, 0.5) is 10.1 Å². The molecule has 8 heteroatoms. The van der Waals surface area contributed by atoms with Gasteiger partial charge in [0.15, 0.2) is 0 Å². The fourth-order valence-corrected chi connectivity index (χ4v) is 4.79. The molecule has 0 bridgehead atoms. The molecular weight excluding hydrogens is 409 g/mol. The monoisotopic (exact) mass is 439 g/mol. The van der Waals surface area contributed by atoms with Gasteiger partial charge in [0.25, 0.3) is 5.91 Å². The highest BCUT2D eigenvalue weighted by atomic mass is 19.1. The minimum Gasteiger partial charge on any atom is -0.337 e. The Balaban J connectivity index is 1.42. The Morgan fingerprint density at radius 3 is 2.56 bits per heavy atom. The van der Waals surface area contributed by atoms with Gasteiger partial charge in [0, 0.05) is 56.2 Å². The number of rotatable bonds is 5. The summed E-state index contributed by atoms with van der Waals surface area (Å²) in [6.45, 7) is 6.73. The van der Waals surface area contributed by atoms with Crippen LogP contribution in [-0.4, -0.2) is 57.3 Å². The van der Waals surface area contributed by atoms with Crippen molar-refractivity contribution in [2.45, 2.75) is 52.1 Å². The summed E-state index contributed by atoms with van der Waals surface area (Å²) in [6, 6.07) is 2.99. The van der Waals surface area contributed by atoms with E-state index in [1.807, 2.05) is 11.8 Å². The molecule has 7 nitrogen and oxygen atoms in total. The number of hydrogen-bond donors (Lipinski definition) is 1. The second kappa shape index (κ2) is 9.73. The van der Waals surface area contributed by atoms with Crippen molar-refractivity contribution < 1.29 is 14.0 Å². The molecule has 32 heavy (non-hydrogen) atoms. The average Bonchev–Trinajstić information content (AvgIpc) is 3.32. The molecule has 1 saturated carbocycles. The van der Waals surface area contributed by atoms with Crippen LogP contribution < -0.4 is 5.32 Å². The number of carbonyl (C=O) groups excluding carboxylic acids is 2. The first-order valence-corrected chi connectivity index (χ1v) is 11.3. The molecule has 4 rings (SSSR count). The van der Waals surface area contributed by atoms with E-state index in [2.05, 4.69) is 27.1 Å². The third-order valence-corrected chi connectivity index (χ3v) is 6.64. The molecule has 2 aliphatic rings. The van der Waals surface area contributed by atoms with Gasteiger partial charge in [0.2, 0.25) is 5.91 Å². The smallest absolute Gasteiger partial charge is 0.258 e. The topological polar surface area (TPSA) is 78.4 Å². The molecule has 1 aromatic heterocycles. The lowest BCUT2D eigenvalue weighted by atomic mass is 10.0. The maximum atomic E-state index is 14.4. The predicted molar refractivity (Wildman–Crippen MR) is 120 cm³/mol. The second-order valence-electron chi connectivity index (χ2n) is 8.92. The van der Waals surface area contributed by atoms with Gasteiger partial charge in [-0.15, -0.1) is 0 Å². The van der Waals surface area contributed by atoms with E-state index in [0.29, 0.717) is 30.2 Å². The fourth-order valence-electron chi connectivity index (χ4n) is 4.79. The van der Waals surface area contributed by atoms with Gasteiger partial charge in [-0.2, -0.15) is 0 Å². The van der Waals surface area contributed by atoms with E-state index in [0.717, 1.165) is 49.9 Å². The molecule has 1 saturated heterocycles. The van der Waals surface area contributed by atoms with E-state index in [-0.39, 0.29) is 17.9 Å². The van der Waals surface area contributed by atoms with Gasteiger partial charge in [-0.3, -0.25) is 14.5 Å². The Hall–Kier alpha value is -2.87. The van der Waals surface area contributed by atoms with Crippen LogP contribution >= 0.6 is 0 Å². The molecular formula is C24H30FN5O2. The minimum atomic E-state index is -0.395. The summed E-state index contributed by atoms with van der Waals surface area (Å²) in [5.41, 5.74) is 2.41. The van der Waals surface area contributed by atoms with Crippen molar-refractivity contribution in [3.05, 3.63) is 53.4 Å². The number of benzene rings is 1. The van der Waals surface area contributed by atoms with Crippen molar-refractivity contribution in [2.24, 2.45) is 5.92 Å². The van der Waals surface area contributed by atoms with Gasteiger partial charge in [-0.25, -0.2) is 14.4 Å². The van der Waals surface area contributed by atoms with E-state index in [9.17, 15) is 14.0 Å². The largest absolute Gasteiger partial charge is 0.337 e. The molecule has 1 aliphatic heterocycles. The Labute approximate surface area is 188 Å². The summed E-state index contributed by atoms with van der Waals surface area (Å²) < 4.78 is 14.4. The van der Waals surface area contributed by atoms with Crippen LogP contribution in [0.2, 0.25) is 0 Å². The molecule has 2 aromatic rings. The third-order valence-electron chi connectivity index (χ3n) is 6.64. The van der Waals surface area contributed by atoms with Crippen molar-refractivity contribution >= 4 is 17.5 Å². The summed E-state index contributed by atoms with van der Waals surface area (Å²) >= 11 is 0. The van der Waals surface area contributed by atoms with Crippen LogP contribution in [0.5, 0.6) is 0 Å². The minimum absolute atomic E-state index is 0.128. The summed E-state index contributed by atoms with van der Waals surface area (Å²) in [4.78, 5) is 37.3. The van der Waals surface area contributed by atoms with E-state index < -0.39 is 5.82 Å². The molecule has 0 spiro atoms. The van der Waals surface area contributed by atoms with Crippen LogP contribution in [0.15, 0.2) is 30.9 Å². The van der Waals surface area contributed by atoms with Gasteiger partial charge < -0.3 is 10.2 Å². The first-order valence-electron chi connectivity index (χ1n) is 11.3. The van der Waals surface area contributed by atoms with E-state index >= 15 is 0 Å². The van der Waals surface area contributed by atoms with Crippen LogP contribution in [0.25, 0.3) is 0 Å². The van der Waals surface area contributed by atoms with Crippen molar-refractivity contribution in [2.75, 3.05) is 25.0 Å². The Kier molecular flexibility index (Phi) is 6.79. The maximum Gasteiger partial charge on any atom is 0.258 e. The van der Waals surface area contributed by atoms with Crippen molar-refractivity contribution in [3.63, 3.8) is 0 Å². The normalized spacial score (nSPS) is 19.8. The Morgan fingerprint density at radius 2 is 1.88 bits per heavy atom. The number of carbonyl (C=O) groups is 2. The van der Waals surface area contributed by atoms with Crippen LogP contribution in [0.3, 0.4) is 0 Å². The number of hydrogen-bond acceptors (Lipinski definition) is 5. The number of piperazine rings is 1. The van der Waals surface area contributed by atoms with Gasteiger partial charge in [-0.05, 0) is 49.9 Å². The molecule has 1 N–H and O–H groups in total. The number of aromatic nitrogens is 2. The summed E-state index contributed by atoms with van der Waals surface area (Å²) in [5.74, 6) is -0.284. The zero-order chi connectivity index (χ0) is 22.7. The number of anilines is 1. The molecule has 2 heterocycles. The van der Waals surface area contributed by atoms with E-state index in [4.69, 9.17) is 0 Å². The van der Waals surface area contributed by atoms with Gasteiger partial charge in [0.1, 0.15) is 12.1 Å². The number of nitrogens with one attached hydrogen (secondary N) is 1. The zero-order valence-corrected chi connectivity index (χ0v) is 18.7. The average molecular weight is 440 g/mol. The molecule has 1 aromatic carbocycles. The number of amides is 2. The lowest BCUT2D eigenvalue weighted by Gasteiger charge is -2.41. The number of nitrogens with zero attached hydrogens (tertiary/aromatic N) is 4. The lowest BCUT2D eigenvalue weighted by Crippen LogP contribution is -2.54. The van der Waals surface area contributed by atoms with Crippen molar-refractivity contribution in [3.8, 4) is 0 Å². The van der Waals surface area contributed by atoms with Gasteiger partial charge >= 0.3 is 0 Å². The van der Waals surface area contributed by atoms with Crippen LogP contribution in [0, 0.1) is 18.7 Å². The van der Waals surface area contributed by atoms with E-state index in [1.54, 1.807) is 0 Å². The van der Waals surface area contributed by atoms with Gasteiger partial charge in [-0.1, -0.05) is 12.8 Å². The molecule has 0 radical (unpaired) electrons. The highest BCUT2D eigenvalue weighted by molar-refractivity contribution is 6.04. The summed E-state index contributed by atoms with van der Waals surface area (Å²) in [7, 11) is 0. The van der Waals surface area contributed by atoms with Gasteiger partial charge in [0.05, 0.1) is 5.56 Å². The molecule has 2 fully saturated rings. The quantitative estimate of drug-likeness (QED) is 0.773. The SMILES string of the molecule is Cc1c(CN2CCN(C(=O)C3CCCC3)C(C)C2)cc(F)cc1NC(=O)c1cncnc1. The zero-order valence-electron chi connectivity index (χ0n) is 18.7. The molecule has 2 amide bonds. The van der Waals surface area contributed by atoms with Crippen LogP contribution in [-0.2, 0) is 11.3 Å². The van der Waals surface area contributed by atoms with E-state index in [1.165, 1.54) is 30.9 Å². The number of halogens is 1. The first kappa shape index (κ1) is 22.3. The molecule has 1 atom stereocenters. The van der Waals surface area contributed by atoms with Crippen molar-refractivity contribution in [1.29, 1.82) is 0 Å². The highest BCUT2D eigenvalue weighted by Crippen LogP contribution is 2.29. The first-order chi connectivity index (χ1) is 15.4. The Bertz CT molecular complexity index is 978. The third kappa shape index (κ3) is 4.96. The second-order valence-corrected chi connectivity index (χ2v) is 8.92. The standard InChI is InChI=1S/C24H30FN5O2/c1-16-13-29(7-8-30(16)24(32)18-5-3-4-6-18)14-19-9-21(25)10-22(17(19)2)28-23(31)20-11-26-15-27-12-20/h9-12,15-16,18H,3-8,13-14H2,1-2H3,(H,28,31). The van der Waals surface area contributed by atoms with Crippen molar-refractivity contribution in [1.82, 2.24) is 19.8 Å². The molecule has 1 aliphatic carbocycles. The predicted octanol–water partition coefficient (Wildman–Crippen LogP) is 3.40. The summed E-state index contributed by atoms with van der Waals surface area (Å²) in [5, 5.41) is 2.78. The summed E-state index contributed by atoms with van der Waals surface area (Å²) in [6.07, 6.45) is 8.52. The highest BCUT2D eigenvalue weighted by Gasteiger charge is 2.33. The fraction of sp³-hybridized carbons (Fsp3) is 0.500. The Morgan fingerprint density at radius 1 is 1.16 bits per heavy atom.